The van der Waals surface area contributed by atoms with Gasteiger partial charge in [-0.05, 0) is 30.0 Å². The molecule has 1 aliphatic heterocycles. The standard InChI is InChI=1S/C16H13NOS3/c1-11(12-6-3-2-4-7-12)17-15(18)14(21-16(17)19)10-13-8-5-9-20-13/h2-11H,1H3/b14-10-/t11-/m0/s1. The van der Waals surface area contributed by atoms with Gasteiger partial charge in [-0.15, -0.1) is 11.3 Å². The van der Waals surface area contributed by atoms with E-state index >= 15 is 0 Å². The molecule has 2 heterocycles. The summed E-state index contributed by atoms with van der Waals surface area (Å²) in [6.07, 6.45) is 1.92. The van der Waals surface area contributed by atoms with Crippen molar-refractivity contribution in [3.05, 3.63) is 63.2 Å². The fourth-order valence-corrected chi connectivity index (χ4v) is 4.34. The van der Waals surface area contributed by atoms with Crippen molar-refractivity contribution in [1.82, 2.24) is 4.90 Å². The van der Waals surface area contributed by atoms with Crippen LogP contribution in [0.5, 0.6) is 0 Å². The number of amides is 1. The Balaban J connectivity index is 1.88. The number of nitrogens with zero attached hydrogens (tertiary/aromatic N) is 1. The molecule has 2 aromatic rings. The van der Waals surface area contributed by atoms with Gasteiger partial charge >= 0.3 is 0 Å². The van der Waals surface area contributed by atoms with Crippen molar-refractivity contribution in [3.8, 4) is 0 Å². The van der Waals surface area contributed by atoms with E-state index in [0.717, 1.165) is 10.4 Å². The minimum absolute atomic E-state index is 0.00486. The Bertz CT molecular complexity index is 692. The van der Waals surface area contributed by atoms with E-state index in [1.807, 2.05) is 60.8 Å². The largest absolute Gasteiger partial charge is 0.286 e. The Morgan fingerprint density at radius 1 is 1.19 bits per heavy atom. The second kappa shape index (κ2) is 6.13. The van der Waals surface area contributed by atoms with Crippen molar-refractivity contribution >= 4 is 51.6 Å². The van der Waals surface area contributed by atoms with E-state index in [-0.39, 0.29) is 11.9 Å². The van der Waals surface area contributed by atoms with Crippen molar-refractivity contribution in [3.63, 3.8) is 0 Å². The Labute approximate surface area is 137 Å². The van der Waals surface area contributed by atoms with E-state index in [2.05, 4.69) is 0 Å². The smallest absolute Gasteiger partial charge is 0.266 e. The molecule has 0 unspecified atom stereocenters. The summed E-state index contributed by atoms with van der Waals surface area (Å²) >= 11 is 8.39. The summed E-state index contributed by atoms with van der Waals surface area (Å²) in [5, 5.41) is 2.00. The summed E-state index contributed by atoms with van der Waals surface area (Å²) in [5.41, 5.74) is 1.09. The second-order valence-electron chi connectivity index (χ2n) is 4.65. The summed E-state index contributed by atoms with van der Waals surface area (Å²) < 4.78 is 0.624. The van der Waals surface area contributed by atoms with Crippen LogP contribution in [-0.2, 0) is 4.79 Å². The molecule has 1 fully saturated rings. The third-order valence-corrected chi connectivity index (χ3v) is 5.46. The van der Waals surface area contributed by atoms with Gasteiger partial charge in [-0.1, -0.05) is 60.4 Å². The average Bonchev–Trinajstić information content (AvgIpc) is 3.09. The number of rotatable bonds is 3. The van der Waals surface area contributed by atoms with Crippen molar-refractivity contribution < 1.29 is 4.79 Å². The minimum atomic E-state index is -0.0482. The van der Waals surface area contributed by atoms with Gasteiger partial charge in [-0.25, -0.2) is 0 Å². The highest BCUT2D eigenvalue weighted by molar-refractivity contribution is 8.26. The van der Waals surface area contributed by atoms with Crippen molar-refractivity contribution in [2.75, 3.05) is 0 Å². The molecule has 0 saturated carbocycles. The molecule has 1 atom stereocenters. The van der Waals surface area contributed by atoms with Gasteiger partial charge in [0.2, 0.25) is 0 Å². The summed E-state index contributed by atoms with van der Waals surface area (Å²) in [5.74, 6) is -0.00486. The lowest BCUT2D eigenvalue weighted by molar-refractivity contribution is -0.123. The average molecular weight is 331 g/mol. The summed E-state index contributed by atoms with van der Waals surface area (Å²) in [4.78, 5) is 16.1. The summed E-state index contributed by atoms with van der Waals surface area (Å²) in [6.45, 7) is 2.01. The lowest BCUT2D eigenvalue weighted by Gasteiger charge is -2.23. The minimum Gasteiger partial charge on any atom is -0.286 e. The molecule has 1 aliphatic rings. The maximum absolute atomic E-state index is 12.6. The third kappa shape index (κ3) is 2.95. The van der Waals surface area contributed by atoms with Crippen molar-refractivity contribution in [2.24, 2.45) is 0 Å². The van der Waals surface area contributed by atoms with Crippen LogP contribution in [0.3, 0.4) is 0 Å². The number of carbonyl (C=O) groups excluding carboxylic acids is 1. The number of thiocarbonyl (C=S) groups is 1. The first-order chi connectivity index (χ1) is 10.2. The SMILES string of the molecule is C[C@@H](c1ccccc1)N1C(=O)/C(=C/c2cccs2)SC1=S. The zero-order valence-electron chi connectivity index (χ0n) is 11.4. The van der Waals surface area contributed by atoms with Gasteiger partial charge in [0.25, 0.3) is 5.91 Å². The van der Waals surface area contributed by atoms with Crippen LogP contribution in [0.25, 0.3) is 6.08 Å². The maximum Gasteiger partial charge on any atom is 0.266 e. The summed E-state index contributed by atoms with van der Waals surface area (Å²) in [6, 6.07) is 13.9. The molecule has 106 valence electrons. The van der Waals surface area contributed by atoms with Crippen LogP contribution in [0.2, 0.25) is 0 Å². The lowest BCUT2D eigenvalue weighted by atomic mass is 10.1. The van der Waals surface area contributed by atoms with E-state index in [1.165, 1.54) is 11.8 Å². The molecule has 1 aromatic carbocycles. The first-order valence-corrected chi connectivity index (χ1v) is 8.63. The molecule has 1 saturated heterocycles. The highest BCUT2D eigenvalue weighted by Gasteiger charge is 2.35. The Morgan fingerprint density at radius 2 is 1.95 bits per heavy atom. The molecule has 2 nitrogen and oxygen atoms in total. The van der Waals surface area contributed by atoms with Gasteiger partial charge in [-0.2, -0.15) is 0 Å². The van der Waals surface area contributed by atoms with Crippen LogP contribution in [-0.4, -0.2) is 15.1 Å². The highest BCUT2D eigenvalue weighted by atomic mass is 32.2. The van der Waals surface area contributed by atoms with Gasteiger partial charge in [0, 0.05) is 4.88 Å². The fraction of sp³-hybridized carbons (Fsp3) is 0.125. The molecule has 0 spiro atoms. The van der Waals surface area contributed by atoms with Crippen LogP contribution in [0.15, 0.2) is 52.7 Å². The quantitative estimate of drug-likeness (QED) is 0.600. The molecule has 1 aromatic heterocycles. The fourth-order valence-electron chi connectivity index (χ4n) is 2.20. The number of carbonyl (C=O) groups is 1. The first-order valence-electron chi connectivity index (χ1n) is 6.52. The zero-order valence-corrected chi connectivity index (χ0v) is 13.8. The number of hydrogen-bond donors (Lipinski definition) is 0. The molecule has 3 rings (SSSR count). The maximum atomic E-state index is 12.6. The van der Waals surface area contributed by atoms with Crippen molar-refractivity contribution in [2.45, 2.75) is 13.0 Å². The summed E-state index contributed by atoms with van der Waals surface area (Å²) in [7, 11) is 0. The molecule has 5 heteroatoms. The van der Waals surface area contributed by atoms with E-state index in [0.29, 0.717) is 9.23 Å². The lowest BCUT2D eigenvalue weighted by Crippen LogP contribution is -2.30. The Kier molecular flexibility index (Phi) is 4.24. The van der Waals surface area contributed by atoms with Crippen LogP contribution >= 0.6 is 35.3 Å². The number of hydrogen-bond acceptors (Lipinski definition) is 4. The Morgan fingerprint density at radius 3 is 2.62 bits per heavy atom. The molecule has 21 heavy (non-hydrogen) atoms. The van der Waals surface area contributed by atoms with Gasteiger partial charge in [-0.3, -0.25) is 9.69 Å². The second-order valence-corrected chi connectivity index (χ2v) is 7.31. The molecule has 0 N–H and O–H groups in total. The van der Waals surface area contributed by atoms with E-state index in [9.17, 15) is 4.79 Å². The van der Waals surface area contributed by atoms with Gasteiger partial charge in [0.05, 0.1) is 10.9 Å². The molecular weight excluding hydrogens is 318 g/mol. The molecule has 0 radical (unpaired) electrons. The monoisotopic (exact) mass is 331 g/mol. The number of benzene rings is 1. The van der Waals surface area contributed by atoms with Crippen molar-refractivity contribution in [1.29, 1.82) is 0 Å². The molecular formula is C16H13NOS3. The molecule has 0 aliphatic carbocycles. The van der Waals surface area contributed by atoms with Crippen LogP contribution in [0.1, 0.15) is 23.4 Å². The molecule has 0 bridgehead atoms. The van der Waals surface area contributed by atoms with Gasteiger partial charge in [0.1, 0.15) is 4.32 Å². The van der Waals surface area contributed by atoms with Crippen LogP contribution < -0.4 is 0 Å². The predicted octanol–water partition coefficient (Wildman–Crippen LogP) is 4.71. The first kappa shape index (κ1) is 14.5. The Hall–Kier alpha value is -1.43. The van der Waals surface area contributed by atoms with E-state index in [4.69, 9.17) is 12.2 Å². The predicted molar refractivity (Wildman–Crippen MR) is 94.2 cm³/mol. The number of thiophene rings is 1. The number of thioether (sulfide) groups is 1. The van der Waals surface area contributed by atoms with E-state index < -0.39 is 0 Å². The van der Waals surface area contributed by atoms with Crippen LogP contribution in [0.4, 0.5) is 0 Å². The highest BCUT2D eigenvalue weighted by Crippen LogP contribution is 2.38. The van der Waals surface area contributed by atoms with Gasteiger partial charge < -0.3 is 0 Å². The third-order valence-electron chi connectivity index (χ3n) is 3.31. The molecule has 1 amide bonds. The normalized spacial score (nSPS) is 18.5. The zero-order chi connectivity index (χ0) is 14.8. The van der Waals surface area contributed by atoms with E-state index in [1.54, 1.807) is 16.2 Å². The van der Waals surface area contributed by atoms with Crippen LogP contribution in [0, 0.1) is 0 Å². The van der Waals surface area contributed by atoms with Gasteiger partial charge in [0.15, 0.2) is 0 Å². The topological polar surface area (TPSA) is 20.3 Å².